The van der Waals surface area contributed by atoms with Crippen LogP contribution < -0.4 is 5.32 Å². The average Bonchev–Trinajstić information content (AvgIpc) is 3.06. The number of halogens is 1. The first-order valence-electron chi connectivity index (χ1n) is 7.42. The Kier molecular flexibility index (Phi) is 5.44. The van der Waals surface area contributed by atoms with E-state index in [2.05, 4.69) is 32.6 Å². The van der Waals surface area contributed by atoms with Gasteiger partial charge in [-0.15, -0.1) is 10.2 Å². The molecule has 0 bridgehead atoms. The molecule has 0 aliphatic heterocycles. The molecule has 0 aliphatic carbocycles. The monoisotopic (exact) mass is 361 g/mol. The maximum Gasteiger partial charge on any atom is 0.278 e. The van der Waals surface area contributed by atoms with E-state index in [0.29, 0.717) is 28.9 Å². The van der Waals surface area contributed by atoms with Gasteiger partial charge in [-0.2, -0.15) is 4.98 Å². The largest absolute Gasteiger partial charge is 0.332 e. The second-order valence-electron chi connectivity index (χ2n) is 5.20. The van der Waals surface area contributed by atoms with Gasteiger partial charge in [0, 0.05) is 17.4 Å². The summed E-state index contributed by atoms with van der Waals surface area (Å²) in [5.74, 6) is 1.01. The van der Waals surface area contributed by atoms with E-state index < -0.39 is 0 Å². The minimum absolute atomic E-state index is 0.274. The van der Waals surface area contributed by atoms with Crippen LogP contribution in [0, 0.1) is 0 Å². The van der Waals surface area contributed by atoms with Gasteiger partial charge in [0.25, 0.3) is 5.89 Å². The van der Waals surface area contributed by atoms with E-state index in [0.717, 1.165) is 9.92 Å². The summed E-state index contributed by atoms with van der Waals surface area (Å²) in [6, 6.07) is 11.6. The molecule has 0 amide bonds. The first kappa shape index (κ1) is 16.9. The fraction of sp³-hybridized carbons (Fsp3) is 0.250. The number of nitrogens with one attached hydrogen (secondary N) is 1. The second-order valence-corrected chi connectivity index (χ2v) is 6.67. The smallest absolute Gasteiger partial charge is 0.278 e. The van der Waals surface area contributed by atoms with E-state index in [9.17, 15) is 0 Å². The lowest BCUT2D eigenvalue weighted by molar-refractivity contribution is 0.416. The Labute approximate surface area is 149 Å². The molecule has 0 saturated heterocycles. The SMILES string of the molecule is CNC(C)Cc1noc(-c2ccc(Sc3ccccc3Cl)nn2)n1. The van der Waals surface area contributed by atoms with Crippen molar-refractivity contribution in [3.63, 3.8) is 0 Å². The van der Waals surface area contributed by atoms with Gasteiger partial charge in [-0.3, -0.25) is 0 Å². The van der Waals surface area contributed by atoms with E-state index in [-0.39, 0.29) is 6.04 Å². The number of nitrogens with zero attached hydrogens (tertiary/aromatic N) is 4. The van der Waals surface area contributed by atoms with E-state index in [1.165, 1.54) is 11.8 Å². The molecule has 0 saturated carbocycles. The van der Waals surface area contributed by atoms with E-state index in [1.54, 1.807) is 0 Å². The highest BCUT2D eigenvalue weighted by atomic mass is 35.5. The topological polar surface area (TPSA) is 76.7 Å². The summed E-state index contributed by atoms with van der Waals surface area (Å²) in [5.41, 5.74) is 0.550. The molecule has 1 atom stereocenters. The third kappa shape index (κ3) is 4.11. The van der Waals surface area contributed by atoms with Gasteiger partial charge in [0.15, 0.2) is 11.5 Å². The highest BCUT2D eigenvalue weighted by Crippen LogP contribution is 2.31. The van der Waals surface area contributed by atoms with Crippen molar-refractivity contribution in [3.8, 4) is 11.6 Å². The highest BCUT2D eigenvalue weighted by molar-refractivity contribution is 7.99. The quantitative estimate of drug-likeness (QED) is 0.720. The first-order chi connectivity index (χ1) is 11.7. The molecule has 8 heteroatoms. The molecule has 1 unspecified atom stereocenters. The number of rotatable bonds is 6. The molecule has 1 N–H and O–H groups in total. The maximum atomic E-state index is 6.15. The number of benzene rings is 1. The van der Waals surface area contributed by atoms with Crippen LogP contribution in [0.5, 0.6) is 0 Å². The molecule has 0 aliphatic rings. The minimum Gasteiger partial charge on any atom is -0.332 e. The van der Waals surface area contributed by atoms with Crippen LogP contribution in [0.3, 0.4) is 0 Å². The lowest BCUT2D eigenvalue weighted by Crippen LogP contribution is -2.24. The van der Waals surface area contributed by atoms with Gasteiger partial charge >= 0.3 is 0 Å². The summed E-state index contributed by atoms with van der Waals surface area (Å²) in [4.78, 5) is 5.28. The molecular weight excluding hydrogens is 346 g/mol. The number of hydrogen-bond acceptors (Lipinski definition) is 7. The predicted molar refractivity (Wildman–Crippen MR) is 93.1 cm³/mol. The average molecular weight is 362 g/mol. The predicted octanol–water partition coefficient (Wildman–Crippen LogP) is 3.48. The third-order valence-corrected chi connectivity index (χ3v) is 4.80. The Morgan fingerprint density at radius 1 is 1.21 bits per heavy atom. The van der Waals surface area contributed by atoms with Gasteiger partial charge in [-0.05, 0) is 38.2 Å². The summed E-state index contributed by atoms with van der Waals surface area (Å²) in [7, 11) is 1.90. The molecule has 24 heavy (non-hydrogen) atoms. The molecule has 0 fully saturated rings. The summed E-state index contributed by atoms with van der Waals surface area (Å²) < 4.78 is 5.25. The molecule has 2 aromatic heterocycles. The second kappa shape index (κ2) is 7.74. The molecule has 1 aromatic carbocycles. The standard InChI is InChI=1S/C16H16ClN5OS/c1-10(18-2)9-14-19-16(23-22-14)12-7-8-15(21-20-12)24-13-6-4-3-5-11(13)17/h3-8,10,18H,9H2,1-2H3. The normalized spacial score (nSPS) is 12.3. The number of likely N-dealkylation sites (N-methyl/N-ethyl adjacent to an activating group) is 1. The van der Waals surface area contributed by atoms with Crippen LogP contribution in [-0.2, 0) is 6.42 Å². The van der Waals surface area contributed by atoms with Crippen molar-refractivity contribution in [3.05, 3.63) is 47.2 Å². The molecule has 6 nitrogen and oxygen atoms in total. The fourth-order valence-corrected chi connectivity index (χ4v) is 2.95. The summed E-state index contributed by atoms with van der Waals surface area (Å²) in [6.45, 7) is 2.05. The van der Waals surface area contributed by atoms with E-state index in [4.69, 9.17) is 16.1 Å². The Bertz CT molecular complexity index is 808. The zero-order valence-corrected chi connectivity index (χ0v) is 14.8. The summed E-state index contributed by atoms with van der Waals surface area (Å²) >= 11 is 7.60. The van der Waals surface area contributed by atoms with Crippen LogP contribution in [0.25, 0.3) is 11.6 Å². The van der Waals surface area contributed by atoms with Gasteiger partial charge in [-0.25, -0.2) is 0 Å². The fourth-order valence-electron chi connectivity index (χ4n) is 1.95. The van der Waals surface area contributed by atoms with Crippen molar-refractivity contribution in [1.29, 1.82) is 0 Å². The van der Waals surface area contributed by atoms with Crippen LogP contribution in [-0.4, -0.2) is 33.4 Å². The van der Waals surface area contributed by atoms with Crippen LogP contribution in [0.4, 0.5) is 0 Å². The lowest BCUT2D eigenvalue weighted by atomic mass is 10.2. The molecule has 0 radical (unpaired) electrons. The van der Waals surface area contributed by atoms with Crippen molar-refractivity contribution >= 4 is 23.4 Å². The molecular formula is C16H16ClN5OS. The maximum absolute atomic E-state index is 6.15. The van der Waals surface area contributed by atoms with Crippen LogP contribution in [0.2, 0.25) is 5.02 Å². The molecule has 2 heterocycles. The number of hydrogen-bond donors (Lipinski definition) is 1. The summed E-state index contributed by atoms with van der Waals surface area (Å²) in [5, 5.41) is 16.9. The Morgan fingerprint density at radius 2 is 2.04 bits per heavy atom. The number of aromatic nitrogens is 4. The summed E-state index contributed by atoms with van der Waals surface area (Å²) in [6.07, 6.45) is 0.688. The van der Waals surface area contributed by atoms with Crippen LogP contribution in [0.1, 0.15) is 12.7 Å². The molecule has 3 aromatic rings. The van der Waals surface area contributed by atoms with E-state index >= 15 is 0 Å². The van der Waals surface area contributed by atoms with Crippen molar-refractivity contribution in [2.75, 3.05) is 7.05 Å². The van der Waals surface area contributed by atoms with Gasteiger partial charge in [-0.1, -0.05) is 40.7 Å². The molecule has 3 rings (SSSR count). The van der Waals surface area contributed by atoms with Gasteiger partial charge < -0.3 is 9.84 Å². The third-order valence-electron chi connectivity index (χ3n) is 3.36. The van der Waals surface area contributed by atoms with Crippen molar-refractivity contribution in [1.82, 2.24) is 25.7 Å². The molecule has 0 spiro atoms. The Balaban J connectivity index is 1.72. The minimum atomic E-state index is 0.274. The van der Waals surface area contributed by atoms with Gasteiger partial charge in [0.1, 0.15) is 5.03 Å². The van der Waals surface area contributed by atoms with Gasteiger partial charge in [0.05, 0.1) is 5.02 Å². The van der Waals surface area contributed by atoms with Crippen molar-refractivity contribution in [2.24, 2.45) is 0 Å². The van der Waals surface area contributed by atoms with Crippen LogP contribution >= 0.6 is 23.4 Å². The highest BCUT2D eigenvalue weighted by Gasteiger charge is 2.13. The van der Waals surface area contributed by atoms with Crippen molar-refractivity contribution in [2.45, 2.75) is 29.3 Å². The van der Waals surface area contributed by atoms with Crippen molar-refractivity contribution < 1.29 is 4.52 Å². The zero-order chi connectivity index (χ0) is 16.9. The first-order valence-corrected chi connectivity index (χ1v) is 8.61. The lowest BCUT2D eigenvalue weighted by Gasteiger charge is -2.04. The Hall–Kier alpha value is -1.96. The van der Waals surface area contributed by atoms with Crippen LogP contribution in [0.15, 0.2) is 50.8 Å². The van der Waals surface area contributed by atoms with Gasteiger partial charge in [0.2, 0.25) is 0 Å². The van der Waals surface area contributed by atoms with E-state index in [1.807, 2.05) is 43.4 Å². The zero-order valence-electron chi connectivity index (χ0n) is 13.2. The molecule has 124 valence electrons. The Morgan fingerprint density at radius 3 is 2.75 bits per heavy atom.